The first-order chi connectivity index (χ1) is 20.2. The number of benzene rings is 3. The predicted molar refractivity (Wildman–Crippen MR) is 152 cm³/mol. The quantitative estimate of drug-likeness (QED) is 0.226. The summed E-state index contributed by atoms with van der Waals surface area (Å²) in [6.45, 7) is 0.739. The molecule has 1 N–H and O–H groups in total. The van der Waals surface area contributed by atoms with Gasteiger partial charge in [-0.3, -0.25) is 9.59 Å². The molecule has 0 radical (unpaired) electrons. The number of methoxy groups -OCH3 is 2. The molecule has 8 nitrogen and oxygen atoms in total. The molecule has 0 spiro atoms. The van der Waals surface area contributed by atoms with Crippen LogP contribution in [0.5, 0.6) is 17.2 Å². The molecule has 0 aliphatic carbocycles. The van der Waals surface area contributed by atoms with E-state index in [-0.39, 0.29) is 23.6 Å². The maximum absolute atomic E-state index is 13.2. The number of thiazole rings is 1. The van der Waals surface area contributed by atoms with Gasteiger partial charge >= 0.3 is 6.36 Å². The van der Waals surface area contributed by atoms with Gasteiger partial charge in [0.05, 0.1) is 31.9 Å². The third kappa shape index (κ3) is 8.23. The minimum atomic E-state index is -4.80. The highest BCUT2D eigenvalue weighted by Gasteiger charge is 2.31. The van der Waals surface area contributed by atoms with Gasteiger partial charge in [0, 0.05) is 24.5 Å². The Hall–Kier alpha value is -4.58. The Morgan fingerprint density at radius 1 is 0.952 bits per heavy atom. The number of nitrogens with zero attached hydrogens (tertiary/aromatic N) is 2. The summed E-state index contributed by atoms with van der Waals surface area (Å²) in [5, 5.41) is 4.66. The minimum absolute atomic E-state index is 0.122. The largest absolute Gasteiger partial charge is 0.573 e. The molecule has 0 saturated heterocycles. The van der Waals surface area contributed by atoms with Crippen LogP contribution in [-0.2, 0) is 17.8 Å². The molecule has 0 saturated carbocycles. The first-order valence-corrected chi connectivity index (χ1v) is 13.7. The molecule has 12 heteroatoms. The van der Waals surface area contributed by atoms with Crippen LogP contribution in [0.25, 0.3) is 11.3 Å². The molecule has 220 valence electrons. The highest BCUT2D eigenvalue weighted by molar-refractivity contribution is 7.07. The van der Waals surface area contributed by atoms with Crippen molar-refractivity contribution in [1.29, 1.82) is 0 Å². The molecule has 0 unspecified atom stereocenters. The normalized spacial score (nSPS) is 11.7. The van der Waals surface area contributed by atoms with E-state index in [1.165, 1.54) is 49.8 Å². The van der Waals surface area contributed by atoms with Gasteiger partial charge in [-0.1, -0.05) is 30.3 Å². The highest BCUT2D eigenvalue weighted by Crippen LogP contribution is 2.28. The van der Waals surface area contributed by atoms with Crippen LogP contribution >= 0.6 is 11.3 Å². The van der Waals surface area contributed by atoms with Crippen LogP contribution in [0.4, 0.5) is 13.2 Å². The molecule has 3 aromatic carbocycles. The van der Waals surface area contributed by atoms with E-state index in [0.717, 1.165) is 5.56 Å². The van der Waals surface area contributed by atoms with Gasteiger partial charge in [0.1, 0.15) is 17.2 Å². The average Bonchev–Trinajstić information content (AvgIpc) is 3.36. The first-order valence-electron chi connectivity index (χ1n) is 12.8. The lowest BCUT2D eigenvalue weighted by Gasteiger charge is -2.12. The number of alkyl halides is 3. The Morgan fingerprint density at radius 3 is 2.33 bits per heavy atom. The number of amides is 2. The third-order valence-electron chi connectivity index (χ3n) is 6.11. The van der Waals surface area contributed by atoms with Crippen molar-refractivity contribution in [1.82, 2.24) is 9.88 Å². The molecule has 1 heterocycles. The molecule has 4 aromatic rings. The summed E-state index contributed by atoms with van der Waals surface area (Å²) >= 11 is 1.21. The van der Waals surface area contributed by atoms with E-state index in [0.29, 0.717) is 47.1 Å². The van der Waals surface area contributed by atoms with Crippen molar-refractivity contribution in [3.05, 3.63) is 94.1 Å². The zero-order valence-corrected chi connectivity index (χ0v) is 23.6. The third-order valence-corrected chi connectivity index (χ3v) is 6.97. The van der Waals surface area contributed by atoms with Crippen LogP contribution in [0.1, 0.15) is 22.3 Å². The van der Waals surface area contributed by atoms with E-state index in [4.69, 9.17) is 9.47 Å². The molecule has 4 rings (SSSR count). The van der Waals surface area contributed by atoms with Crippen molar-refractivity contribution in [3.63, 3.8) is 0 Å². The molecule has 0 fully saturated rings. The van der Waals surface area contributed by atoms with Crippen LogP contribution in [0.2, 0.25) is 0 Å². The molecular formula is C30H28F3N3O5S. The summed E-state index contributed by atoms with van der Waals surface area (Å²) in [4.78, 5) is 30.3. The maximum atomic E-state index is 13.2. The van der Waals surface area contributed by atoms with Crippen LogP contribution in [-0.4, -0.2) is 43.5 Å². The zero-order valence-electron chi connectivity index (χ0n) is 22.8. The van der Waals surface area contributed by atoms with E-state index < -0.39 is 12.3 Å². The number of halogens is 3. The Kier molecular flexibility index (Phi) is 10.0. The second-order valence-corrected chi connectivity index (χ2v) is 9.81. The van der Waals surface area contributed by atoms with Gasteiger partial charge in [-0.25, -0.2) is 0 Å². The van der Waals surface area contributed by atoms with Gasteiger partial charge < -0.3 is 24.1 Å². The fourth-order valence-corrected chi connectivity index (χ4v) is 5.06. The van der Waals surface area contributed by atoms with Crippen molar-refractivity contribution < 1.29 is 37.0 Å². The lowest BCUT2D eigenvalue weighted by atomic mass is 10.1. The number of nitrogens with one attached hydrogen (secondary N) is 1. The number of hydrogen-bond donors (Lipinski definition) is 1. The summed E-state index contributed by atoms with van der Waals surface area (Å²) in [6.07, 6.45) is -4.04. The van der Waals surface area contributed by atoms with Gasteiger partial charge in [-0.05, 0) is 53.9 Å². The second-order valence-electron chi connectivity index (χ2n) is 8.98. The van der Waals surface area contributed by atoms with E-state index in [2.05, 4.69) is 15.0 Å². The smallest absolute Gasteiger partial charge is 0.497 e. The van der Waals surface area contributed by atoms with E-state index >= 15 is 0 Å². The fourth-order valence-electron chi connectivity index (χ4n) is 4.12. The second kappa shape index (κ2) is 13.9. The zero-order chi connectivity index (χ0) is 30.1. The van der Waals surface area contributed by atoms with Crippen LogP contribution < -0.4 is 24.3 Å². The van der Waals surface area contributed by atoms with Gasteiger partial charge in [0.2, 0.25) is 5.91 Å². The summed E-state index contributed by atoms with van der Waals surface area (Å²) in [5.74, 6) is -0.191. The lowest BCUT2D eigenvalue weighted by Crippen LogP contribution is -2.28. The predicted octanol–water partition coefficient (Wildman–Crippen LogP) is 5.62. The van der Waals surface area contributed by atoms with Gasteiger partial charge in [-0.2, -0.15) is 4.99 Å². The Balaban J connectivity index is 1.58. The number of hydrogen-bond acceptors (Lipinski definition) is 6. The molecular weight excluding hydrogens is 571 g/mol. The van der Waals surface area contributed by atoms with Gasteiger partial charge in [0.25, 0.3) is 5.91 Å². The molecule has 0 atom stereocenters. The SMILES string of the molecule is COc1ccc(C(=O)N=c2scc(-c3ccc(OC(F)(F)F)cc3)n2CCCNC(=O)Cc2ccccc2)c(OC)c1. The van der Waals surface area contributed by atoms with Crippen LogP contribution in [0.3, 0.4) is 0 Å². The number of carbonyl (C=O) groups excluding carboxylic acids is 2. The molecule has 1 aromatic heterocycles. The van der Waals surface area contributed by atoms with Crippen molar-refractivity contribution in [2.75, 3.05) is 20.8 Å². The number of carbonyl (C=O) groups is 2. The average molecular weight is 600 g/mol. The van der Waals surface area contributed by atoms with E-state index in [1.807, 2.05) is 30.3 Å². The first kappa shape index (κ1) is 30.4. The minimum Gasteiger partial charge on any atom is -0.497 e. The molecule has 0 aliphatic rings. The summed E-state index contributed by atoms with van der Waals surface area (Å²) in [6, 6.07) is 19.6. The van der Waals surface area contributed by atoms with Gasteiger partial charge in [-0.15, -0.1) is 24.5 Å². The maximum Gasteiger partial charge on any atom is 0.573 e. The van der Waals surface area contributed by atoms with Crippen molar-refractivity contribution >= 4 is 23.2 Å². The molecule has 0 bridgehead atoms. The number of ether oxygens (including phenoxy) is 3. The van der Waals surface area contributed by atoms with E-state index in [9.17, 15) is 22.8 Å². The van der Waals surface area contributed by atoms with Crippen LogP contribution in [0, 0.1) is 0 Å². The number of aromatic nitrogens is 1. The molecule has 42 heavy (non-hydrogen) atoms. The summed E-state index contributed by atoms with van der Waals surface area (Å²) in [5.41, 5.74) is 2.38. The summed E-state index contributed by atoms with van der Waals surface area (Å²) in [7, 11) is 2.94. The topological polar surface area (TPSA) is 91.1 Å². The van der Waals surface area contributed by atoms with Crippen molar-refractivity contribution in [2.24, 2.45) is 4.99 Å². The van der Waals surface area contributed by atoms with Crippen molar-refractivity contribution in [2.45, 2.75) is 25.7 Å². The monoisotopic (exact) mass is 599 g/mol. The Bertz CT molecular complexity index is 1580. The van der Waals surface area contributed by atoms with Gasteiger partial charge in [0.15, 0.2) is 4.80 Å². The van der Waals surface area contributed by atoms with Crippen LogP contribution in [0.15, 0.2) is 83.2 Å². The Morgan fingerprint density at radius 2 is 1.67 bits per heavy atom. The standard InChI is InChI=1S/C30H28F3N3O5S/c1-39-23-13-14-24(26(18-23)40-2)28(38)35-29-36(16-6-15-34-27(37)17-20-7-4-3-5-8-20)25(19-42-29)21-9-11-22(12-10-21)41-30(31,32)33/h3-5,7-14,18-19H,6,15-17H2,1-2H3,(H,34,37). The highest BCUT2D eigenvalue weighted by atomic mass is 32.1. The summed E-state index contributed by atoms with van der Waals surface area (Å²) < 4.78 is 54.2. The lowest BCUT2D eigenvalue weighted by molar-refractivity contribution is -0.274. The van der Waals surface area contributed by atoms with E-state index in [1.54, 1.807) is 28.1 Å². The molecule has 2 amide bonds. The van der Waals surface area contributed by atoms with Crippen molar-refractivity contribution in [3.8, 4) is 28.5 Å². The molecule has 0 aliphatic heterocycles. The Labute approximate surface area is 244 Å². The number of rotatable bonds is 11. The fraction of sp³-hybridized carbons (Fsp3) is 0.233.